The molecule has 0 radical (unpaired) electrons. The van der Waals surface area contributed by atoms with Crippen LogP contribution >= 0.6 is 0 Å². The van der Waals surface area contributed by atoms with Crippen LogP contribution in [0.3, 0.4) is 0 Å². The first kappa shape index (κ1) is 11.3. The first-order valence-electron chi connectivity index (χ1n) is 5.09. The minimum atomic E-state index is -3.03. The minimum absolute atomic E-state index is 0.170. The van der Waals surface area contributed by atoms with Crippen LogP contribution in [-0.2, 0) is 10.0 Å². The lowest BCUT2D eigenvalue weighted by atomic mass is 10.2. The lowest BCUT2D eigenvalue weighted by Gasteiger charge is -2.37. The zero-order valence-corrected chi connectivity index (χ0v) is 10.2. The third kappa shape index (κ3) is 2.51. The highest BCUT2D eigenvalue weighted by Crippen LogP contribution is 2.16. The summed E-state index contributed by atoms with van der Waals surface area (Å²) in [6.45, 7) is 3.04. The fraction of sp³-hybridized carbons (Fsp3) is 0.500. The molecule has 0 amide bonds. The molecule has 2 heterocycles. The molecule has 1 aliphatic heterocycles. The van der Waals surface area contributed by atoms with Crippen LogP contribution in [0.5, 0.6) is 0 Å². The molecule has 0 atom stereocenters. The Hall–Kier alpha value is -1.14. The van der Waals surface area contributed by atoms with Gasteiger partial charge < -0.3 is 5.32 Å². The third-order valence-corrected chi connectivity index (χ3v) is 3.82. The average Bonchev–Trinajstić information content (AvgIpc) is 2.08. The van der Waals surface area contributed by atoms with Crippen molar-refractivity contribution in [2.45, 2.75) is 13.0 Å². The van der Waals surface area contributed by atoms with E-state index >= 15 is 0 Å². The van der Waals surface area contributed by atoms with Gasteiger partial charge in [-0.1, -0.05) is 0 Å². The molecule has 1 aromatic rings. The molecule has 0 spiro atoms. The quantitative estimate of drug-likeness (QED) is 0.834. The standard InChI is InChI=1S/C10H15N3O2S/c1-8-3-4-11-10(5-8)12-9-6-13(7-9)16(2,14)15/h3-5,9H,6-7H2,1-2H3,(H,11,12). The maximum Gasteiger partial charge on any atom is 0.211 e. The molecule has 1 saturated heterocycles. The van der Waals surface area contributed by atoms with Crippen molar-refractivity contribution in [1.82, 2.24) is 9.29 Å². The predicted octanol–water partition coefficient (Wildman–Crippen LogP) is 0.446. The molecule has 1 fully saturated rings. The van der Waals surface area contributed by atoms with Gasteiger partial charge in [-0.3, -0.25) is 0 Å². The lowest BCUT2D eigenvalue weighted by Crippen LogP contribution is -2.56. The van der Waals surface area contributed by atoms with E-state index in [1.54, 1.807) is 6.20 Å². The van der Waals surface area contributed by atoms with Crippen molar-refractivity contribution in [1.29, 1.82) is 0 Å². The number of aromatic nitrogens is 1. The van der Waals surface area contributed by atoms with Crippen molar-refractivity contribution in [3.63, 3.8) is 0 Å². The van der Waals surface area contributed by atoms with E-state index < -0.39 is 10.0 Å². The first-order chi connectivity index (χ1) is 7.45. The van der Waals surface area contributed by atoms with Crippen LogP contribution in [0.1, 0.15) is 5.56 Å². The molecule has 1 aromatic heterocycles. The van der Waals surface area contributed by atoms with Gasteiger partial charge in [-0.05, 0) is 24.6 Å². The second-order valence-corrected chi connectivity index (χ2v) is 6.12. The summed E-state index contributed by atoms with van der Waals surface area (Å²) in [5, 5.41) is 3.20. The van der Waals surface area contributed by atoms with E-state index in [1.165, 1.54) is 10.6 Å². The molecule has 0 saturated carbocycles. The fourth-order valence-electron chi connectivity index (χ4n) is 1.62. The average molecular weight is 241 g/mol. The number of rotatable bonds is 3. The van der Waals surface area contributed by atoms with Gasteiger partial charge in [0.05, 0.1) is 12.3 Å². The summed E-state index contributed by atoms with van der Waals surface area (Å²) < 4.78 is 23.7. The number of nitrogens with one attached hydrogen (secondary N) is 1. The van der Waals surface area contributed by atoms with E-state index in [0.29, 0.717) is 13.1 Å². The van der Waals surface area contributed by atoms with E-state index in [4.69, 9.17) is 0 Å². The van der Waals surface area contributed by atoms with Gasteiger partial charge in [-0.2, -0.15) is 4.31 Å². The summed E-state index contributed by atoms with van der Waals surface area (Å²) in [6, 6.07) is 4.04. The molecule has 0 unspecified atom stereocenters. The summed E-state index contributed by atoms with van der Waals surface area (Å²) in [5.41, 5.74) is 1.14. The summed E-state index contributed by atoms with van der Waals surface area (Å²) in [6.07, 6.45) is 2.97. The third-order valence-electron chi connectivity index (χ3n) is 2.58. The van der Waals surface area contributed by atoms with Gasteiger partial charge in [0.15, 0.2) is 0 Å². The number of anilines is 1. The van der Waals surface area contributed by atoms with E-state index in [0.717, 1.165) is 11.4 Å². The second kappa shape index (κ2) is 4.03. The maximum absolute atomic E-state index is 11.1. The summed E-state index contributed by atoms with van der Waals surface area (Å²) in [5.74, 6) is 0.804. The van der Waals surface area contributed by atoms with Gasteiger partial charge in [-0.15, -0.1) is 0 Å². The second-order valence-electron chi connectivity index (χ2n) is 4.14. The predicted molar refractivity (Wildman–Crippen MR) is 62.8 cm³/mol. The highest BCUT2D eigenvalue weighted by molar-refractivity contribution is 7.88. The zero-order valence-electron chi connectivity index (χ0n) is 9.34. The van der Waals surface area contributed by atoms with Crippen molar-refractivity contribution < 1.29 is 8.42 Å². The monoisotopic (exact) mass is 241 g/mol. The van der Waals surface area contributed by atoms with Crippen molar-refractivity contribution in [2.75, 3.05) is 24.7 Å². The number of sulfonamides is 1. The van der Waals surface area contributed by atoms with E-state index in [2.05, 4.69) is 10.3 Å². The Balaban J connectivity index is 1.91. The Morgan fingerprint density at radius 3 is 2.75 bits per heavy atom. The Morgan fingerprint density at radius 1 is 1.50 bits per heavy atom. The van der Waals surface area contributed by atoms with Crippen molar-refractivity contribution in [3.05, 3.63) is 23.9 Å². The Kier molecular flexibility index (Phi) is 2.86. The van der Waals surface area contributed by atoms with Gasteiger partial charge >= 0.3 is 0 Å². The highest BCUT2D eigenvalue weighted by Gasteiger charge is 2.33. The highest BCUT2D eigenvalue weighted by atomic mass is 32.2. The van der Waals surface area contributed by atoms with Gasteiger partial charge in [0.25, 0.3) is 0 Å². The van der Waals surface area contributed by atoms with Gasteiger partial charge in [0.2, 0.25) is 10.0 Å². The number of hydrogen-bond donors (Lipinski definition) is 1. The van der Waals surface area contributed by atoms with Gasteiger partial charge in [-0.25, -0.2) is 13.4 Å². The smallest absolute Gasteiger partial charge is 0.211 e. The molecule has 6 heteroatoms. The molecule has 0 aromatic carbocycles. The van der Waals surface area contributed by atoms with Crippen LogP contribution in [-0.4, -0.2) is 43.1 Å². The maximum atomic E-state index is 11.1. The van der Waals surface area contributed by atoms with Gasteiger partial charge in [0, 0.05) is 19.3 Å². The summed E-state index contributed by atoms with van der Waals surface area (Å²) >= 11 is 0. The molecule has 16 heavy (non-hydrogen) atoms. The molecule has 0 bridgehead atoms. The largest absolute Gasteiger partial charge is 0.365 e. The summed E-state index contributed by atoms with van der Waals surface area (Å²) in [7, 11) is -3.03. The number of aryl methyl sites for hydroxylation is 1. The Bertz CT molecular complexity index is 481. The Morgan fingerprint density at radius 2 is 2.19 bits per heavy atom. The SMILES string of the molecule is Cc1ccnc(NC2CN(S(C)(=O)=O)C2)c1. The molecule has 0 aliphatic carbocycles. The molecule has 1 N–H and O–H groups in total. The van der Waals surface area contributed by atoms with E-state index in [1.807, 2.05) is 19.1 Å². The zero-order chi connectivity index (χ0) is 11.8. The number of nitrogens with zero attached hydrogens (tertiary/aromatic N) is 2. The van der Waals surface area contributed by atoms with Crippen LogP contribution in [0.4, 0.5) is 5.82 Å². The van der Waals surface area contributed by atoms with Crippen molar-refractivity contribution in [3.8, 4) is 0 Å². The van der Waals surface area contributed by atoms with Crippen LogP contribution in [0.2, 0.25) is 0 Å². The first-order valence-corrected chi connectivity index (χ1v) is 6.94. The number of pyridine rings is 1. The number of hydrogen-bond acceptors (Lipinski definition) is 4. The van der Waals surface area contributed by atoms with Crippen molar-refractivity contribution >= 4 is 15.8 Å². The van der Waals surface area contributed by atoms with E-state index in [9.17, 15) is 8.42 Å². The van der Waals surface area contributed by atoms with Crippen LogP contribution in [0.15, 0.2) is 18.3 Å². The Labute approximate surface area is 95.5 Å². The summed E-state index contributed by atoms with van der Waals surface area (Å²) in [4.78, 5) is 4.17. The van der Waals surface area contributed by atoms with Crippen molar-refractivity contribution in [2.24, 2.45) is 0 Å². The molecule has 1 aliphatic rings. The normalized spacial score (nSPS) is 18.1. The lowest BCUT2D eigenvalue weighted by molar-refractivity contribution is 0.282. The van der Waals surface area contributed by atoms with Crippen LogP contribution in [0.25, 0.3) is 0 Å². The van der Waals surface area contributed by atoms with Crippen LogP contribution < -0.4 is 5.32 Å². The molecular weight excluding hydrogens is 226 g/mol. The fourth-order valence-corrected chi connectivity index (χ4v) is 2.53. The molecule has 88 valence electrons. The van der Waals surface area contributed by atoms with Crippen LogP contribution in [0, 0.1) is 6.92 Å². The topological polar surface area (TPSA) is 62.3 Å². The minimum Gasteiger partial charge on any atom is -0.365 e. The van der Waals surface area contributed by atoms with E-state index in [-0.39, 0.29) is 6.04 Å². The van der Waals surface area contributed by atoms with Gasteiger partial charge in [0.1, 0.15) is 5.82 Å². The molecule has 5 nitrogen and oxygen atoms in total. The molecule has 2 rings (SSSR count). The molecular formula is C10H15N3O2S.